The van der Waals surface area contributed by atoms with Gasteiger partial charge in [-0.05, 0) is 31.9 Å². The van der Waals surface area contributed by atoms with Gasteiger partial charge in [0.2, 0.25) is 0 Å². The van der Waals surface area contributed by atoms with Crippen molar-refractivity contribution in [3.05, 3.63) is 47.8 Å². The molecule has 1 aliphatic heterocycles. The van der Waals surface area contributed by atoms with E-state index in [1.165, 1.54) is 12.4 Å². The molecule has 120 valence electrons. The lowest BCUT2D eigenvalue weighted by Gasteiger charge is -2.33. The number of carbonyl (C=O) groups is 1. The molecule has 1 amide bonds. The molecule has 1 fully saturated rings. The maximum Gasteiger partial charge on any atom is 0.255 e. The van der Waals surface area contributed by atoms with Gasteiger partial charge in [-0.25, -0.2) is 9.97 Å². The molecule has 0 bridgehead atoms. The van der Waals surface area contributed by atoms with Crippen molar-refractivity contribution in [2.24, 2.45) is 0 Å². The predicted octanol–water partition coefficient (Wildman–Crippen LogP) is 1.05. The standard InChI is InChI=1S/C16H19N5O2/c1-12-8-14(18-11-17-12)2-3-15-10-21(6-7-23-15)16(22)13-4-5-19-20-9-13/h4-5,8-9,11,15H,2-3,6-7,10H2,1H3/t15-/m1/s1. The molecule has 0 aliphatic carbocycles. The van der Waals surface area contributed by atoms with Crippen LogP contribution in [0.15, 0.2) is 30.9 Å². The molecule has 7 heteroatoms. The number of hydrogen-bond acceptors (Lipinski definition) is 6. The van der Waals surface area contributed by atoms with Crippen LogP contribution in [-0.2, 0) is 11.2 Å². The Hall–Kier alpha value is -2.41. The van der Waals surface area contributed by atoms with Crippen LogP contribution >= 0.6 is 0 Å². The summed E-state index contributed by atoms with van der Waals surface area (Å²) in [7, 11) is 0. The quantitative estimate of drug-likeness (QED) is 0.839. The summed E-state index contributed by atoms with van der Waals surface area (Å²) < 4.78 is 5.78. The van der Waals surface area contributed by atoms with E-state index in [4.69, 9.17) is 4.74 Å². The number of carbonyl (C=O) groups excluding carboxylic acids is 1. The second-order valence-corrected chi connectivity index (χ2v) is 5.56. The van der Waals surface area contributed by atoms with Crippen LogP contribution in [0.4, 0.5) is 0 Å². The van der Waals surface area contributed by atoms with Crippen molar-refractivity contribution >= 4 is 5.91 Å². The van der Waals surface area contributed by atoms with Gasteiger partial charge in [0.25, 0.3) is 5.91 Å². The van der Waals surface area contributed by atoms with Crippen LogP contribution in [0.25, 0.3) is 0 Å². The van der Waals surface area contributed by atoms with E-state index in [2.05, 4.69) is 20.2 Å². The largest absolute Gasteiger partial charge is 0.375 e. The molecule has 1 atom stereocenters. The maximum atomic E-state index is 12.4. The number of amides is 1. The van der Waals surface area contributed by atoms with Crippen molar-refractivity contribution in [1.29, 1.82) is 0 Å². The minimum Gasteiger partial charge on any atom is -0.375 e. The summed E-state index contributed by atoms with van der Waals surface area (Å²) in [4.78, 5) is 22.6. The molecular weight excluding hydrogens is 294 g/mol. The van der Waals surface area contributed by atoms with Crippen molar-refractivity contribution in [3.8, 4) is 0 Å². The Morgan fingerprint density at radius 1 is 1.39 bits per heavy atom. The molecule has 0 spiro atoms. The first-order valence-corrected chi connectivity index (χ1v) is 7.67. The smallest absolute Gasteiger partial charge is 0.255 e. The van der Waals surface area contributed by atoms with E-state index >= 15 is 0 Å². The summed E-state index contributed by atoms with van der Waals surface area (Å²) in [6.45, 7) is 3.69. The Labute approximate surface area is 134 Å². The van der Waals surface area contributed by atoms with E-state index in [1.807, 2.05) is 17.9 Å². The number of aryl methyl sites for hydroxylation is 2. The predicted molar refractivity (Wildman–Crippen MR) is 82.8 cm³/mol. The van der Waals surface area contributed by atoms with E-state index in [-0.39, 0.29) is 12.0 Å². The lowest BCUT2D eigenvalue weighted by molar-refractivity contribution is -0.0247. The molecule has 2 aromatic rings. The number of ether oxygens (including phenoxy) is 1. The van der Waals surface area contributed by atoms with Gasteiger partial charge in [-0.2, -0.15) is 10.2 Å². The zero-order valence-electron chi connectivity index (χ0n) is 13.1. The van der Waals surface area contributed by atoms with Gasteiger partial charge in [-0.15, -0.1) is 0 Å². The molecule has 1 aliphatic rings. The van der Waals surface area contributed by atoms with Crippen LogP contribution in [-0.4, -0.2) is 56.8 Å². The van der Waals surface area contributed by atoms with Gasteiger partial charge < -0.3 is 9.64 Å². The number of aromatic nitrogens is 4. The summed E-state index contributed by atoms with van der Waals surface area (Å²) in [5.41, 5.74) is 2.52. The molecule has 3 rings (SSSR count). The molecule has 1 saturated heterocycles. The summed E-state index contributed by atoms with van der Waals surface area (Å²) in [5, 5.41) is 7.46. The fraction of sp³-hybridized carbons (Fsp3) is 0.438. The van der Waals surface area contributed by atoms with E-state index < -0.39 is 0 Å². The van der Waals surface area contributed by atoms with Crippen LogP contribution < -0.4 is 0 Å². The lowest BCUT2D eigenvalue weighted by atomic mass is 10.1. The normalized spacial score (nSPS) is 18.0. The second-order valence-electron chi connectivity index (χ2n) is 5.56. The first-order valence-electron chi connectivity index (χ1n) is 7.67. The molecule has 2 aromatic heterocycles. The highest BCUT2D eigenvalue weighted by Gasteiger charge is 2.25. The van der Waals surface area contributed by atoms with E-state index in [1.54, 1.807) is 12.4 Å². The first kappa shape index (κ1) is 15.5. The first-order chi connectivity index (χ1) is 11.2. The fourth-order valence-electron chi connectivity index (χ4n) is 2.63. The van der Waals surface area contributed by atoms with Crippen LogP contribution in [0, 0.1) is 6.92 Å². The van der Waals surface area contributed by atoms with Gasteiger partial charge in [0.15, 0.2) is 0 Å². The van der Waals surface area contributed by atoms with Crippen molar-refractivity contribution in [2.45, 2.75) is 25.9 Å². The Bertz CT molecular complexity index is 665. The Kier molecular flexibility index (Phi) is 4.87. The summed E-state index contributed by atoms with van der Waals surface area (Å²) in [6, 6.07) is 3.66. The highest BCUT2D eigenvalue weighted by molar-refractivity contribution is 5.93. The molecular formula is C16H19N5O2. The third kappa shape index (κ3) is 4.07. The third-order valence-corrected chi connectivity index (χ3v) is 3.84. The van der Waals surface area contributed by atoms with Crippen LogP contribution in [0.3, 0.4) is 0 Å². The number of hydrogen-bond donors (Lipinski definition) is 0. The number of morpholine rings is 1. The van der Waals surface area contributed by atoms with Gasteiger partial charge in [0.05, 0.1) is 30.7 Å². The third-order valence-electron chi connectivity index (χ3n) is 3.84. The van der Waals surface area contributed by atoms with Crippen molar-refractivity contribution in [3.63, 3.8) is 0 Å². The van der Waals surface area contributed by atoms with Gasteiger partial charge in [0, 0.05) is 24.5 Å². The molecule has 0 radical (unpaired) electrons. The highest BCUT2D eigenvalue weighted by Crippen LogP contribution is 2.14. The summed E-state index contributed by atoms with van der Waals surface area (Å²) >= 11 is 0. The zero-order chi connectivity index (χ0) is 16.1. The molecule has 3 heterocycles. The molecule has 7 nitrogen and oxygen atoms in total. The minimum absolute atomic E-state index is 0.0221. The van der Waals surface area contributed by atoms with Crippen molar-refractivity contribution < 1.29 is 9.53 Å². The van der Waals surface area contributed by atoms with Gasteiger partial charge >= 0.3 is 0 Å². The van der Waals surface area contributed by atoms with Crippen LogP contribution in [0.1, 0.15) is 28.2 Å². The topological polar surface area (TPSA) is 81.1 Å². The van der Waals surface area contributed by atoms with Crippen molar-refractivity contribution in [2.75, 3.05) is 19.7 Å². The number of rotatable bonds is 4. The molecule has 0 saturated carbocycles. The van der Waals surface area contributed by atoms with Crippen LogP contribution in [0.5, 0.6) is 0 Å². The molecule has 0 aromatic carbocycles. The second kappa shape index (κ2) is 7.23. The molecule has 23 heavy (non-hydrogen) atoms. The monoisotopic (exact) mass is 313 g/mol. The van der Waals surface area contributed by atoms with Gasteiger partial charge in [-0.1, -0.05) is 0 Å². The molecule has 0 N–H and O–H groups in total. The maximum absolute atomic E-state index is 12.4. The van der Waals surface area contributed by atoms with Crippen LogP contribution in [0.2, 0.25) is 0 Å². The minimum atomic E-state index is -0.0221. The Balaban J connectivity index is 1.57. The lowest BCUT2D eigenvalue weighted by Crippen LogP contribution is -2.45. The SMILES string of the molecule is Cc1cc(CC[C@@H]2CN(C(=O)c3ccnnc3)CCO2)ncn1. The summed E-state index contributed by atoms with van der Waals surface area (Å²) in [6.07, 6.45) is 6.28. The Morgan fingerprint density at radius 2 is 2.30 bits per heavy atom. The molecule has 0 unspecified atom stereocenters. The zero-order valence-corrected chi connectivity index (χ0v) is 13.1. The van der Waals surface area contributed by atoms with Gasteiger partial charge in [-0.3, -0.25) is 4.79 Å². The van der Waals surface area contributed by atoms with Crippen molar-refractivity contribution in [1.82, 2.24) is 25.1 Å². The number of nitrogens with zero attached hydrogens (tertiary/aromatic N) is 5. The van der Waals surface area contributed by atoms with E-state index in [9.17, 15) is 4.79 Å². The highest BCUT2D eigenvalue weighted by atomic mass is 16.5. The fourth-order valence-corrected chi connectivity index (χ4v) is 2.63. The average molecular weight is 313 g/mol. The summed E-state index contributed by atoms with van der Waals surface area (Å²) in [5.74, 6) is -0.0221. The van der Waals surface area contributed by atoms with Gasteiger partial charge in [0.1, 0.15) is 6.33 Å². The Morgan fingerprint density at radius 3 is 3.09 bits per heavy atom. The average Bonchev–Trinajstić information content (AvgIpc) is 2.60. The van der Waals surface area contributed by atoms with E-state index in [0.717, 1.165) is 24.2 Å². The van der Waals surface area contributed by atoms with E-state index in [0.29, 0.717) is 25.3 Å².